The number of likely N-dealkylation sites (tertiary alicyclic amines) is 1. The highest BCUT2D eigenvalue weighted by Gasteiger charge is 2.43. The molecule has 3 aliphatic rings. The quantitative estimate of drug-likeness (QED) is 0.782. The van der Waals surface area contributed by atoms with Crippen LogP contribution in [0.3, 0.4) is 0 Å². The molecular formula is C24H31N3O4. The molecule has 7 nitrogen and oxygen atoms in total. The summed E-state index contributed by atoms with van der Waals surface area (Å²) in [6, 6.07) is 9.66. The number of carbonyl (C=O) groups is 1. The Hall–Kier alpha value is -2.22. The minimum absolute atomic E-state index is 0.124. The van der Waals surface area contributed by atoms with Gasteiger partial charge in [0, 0.05) is 50.8 Å². The number of aromatic carboxylic acids is 1. The first-order chi connectivity index (χ1) is 15.0. The summed E-state index contributed by atoms with van der Waals surface area (Å²) >= 11 is 0. The number of rotatable bonds is 3. The SMILES string of the molecule is O=C(O)c1cc(N2CCC3(CC2)CC(O)CN(C2CCOCC2)C3)nc2ccccc12. The summed E-state index contributed by atoms with van der Waals surface area (Å²) < 4.78 is 5.53. The lowest BCUT2D eigenvalue weighted by molar-refractivity contribution is -0.0602. The van der Waals surface area contributed by atoms with Gasteiger partial charge in [0.25, 0.3) is 0 Å². The molecule has 0 radical (unpaired) electrons. The Morgan fingerprint density at radius 2 is 1.90 bits per heavy atom. The van der Waals surface area contributed by atoms with Crippen LogP contribution in [0.2, 0.25) is 0 Å². The minimum Gasteiger partial charge on any atom is -0.478 e. The second-order valence-electron chi connectivity index (χ2n) is 9.47. The molecular weight excluding hydrogens is 394 g/mol. The van der Waals surface area contributed by atoms with Crippen LogP contribution in [0.4, 0.5) is 5.82 Å². The fourth-order valence-electron chi connectivity index (χ4n) is 5.80. The Kier molecular flexibility index (Phi) is 5.58. The number of carboxylic acids is 1. The van der Waals surface area contributed by atoms with Crippen LogP contribution < -0.4 is 4.90 Å². The summed E-state index contributed by atoms with van der Waals surface area (Å²) in [5, 5.41) is 21.0. The van der Waals surface area contributed by atoms with Crippen molar-refractivity contribution in [2.75, 3.05) is 44.3 Å². The maximum Gasteiger partial charge on any atom is 0.336 e. The molecule has 7 heteroatoms. The van der Waals surface area contributed by atoms with E-state index in [1.165, 1.54) is 0 Å². The van der Waals surface area contributed by atoms with Crippen LogP contribution in [0.25, 0.3) is 10.9 Å². The standard InChI is InChI=1S/C24H31N3O4/c28-18-14-24(16-27(15-18)17-5-11-31-12-6-17)7-9-26(10-8-24)22-13-20(23(29)30)19-3-1-2-4-21(19)25-22/h1-4,13,17-18,28H,5-12,14-16H2,(H,29,30). The Morgan fingerprint density at radius 1 is 1.16 bits per heavy atom. The van der Waals surface area contributed by atoms with Crippen molar-refractivity contribution in [3.05, 3.63) is 35.9 Å². The number of piperidine rings is 2. The van der Waals surface area contributed by atoms with Crippen molar-refractivity contribution in [3.63, 3.8) is 0 Å². The molecule has 4 heterocycles. The molecule has 3 fully saturated rings. The number of hydrogen-bond acceptors (Lipinski definition) is 6. The monoisotopic (exact) mass is 425 g/mol. The molecule has 1 aromatic carbocycles. The number of aliphatic hydroxyl groups excluding tert-OH is 1. The average molecular weight is 426 g/mol. The molecule has 5 rings (SSSR count). The topological polar surface area (TPSA) is 86.1 Å². The number of hydrogen-bond donors (Lipinski definition) is 2. The second kappa shape index (κ2) is 8.37. The summed E-state index contributed by atoms with van der Waals surface area (Å²) in [5.41, 5.74) is 1.15. The lowest BCUT2D eigenvalue weighted by Gasteiger charge is -2.51. The maximum atomic E-state index is 11.8. The van der Waals surface area contributed by atoms with E-state index in [9.17, 15) is 15.0 Å². The van der Waals surface area contributed by atoms with Gasteiger partial charge < -0.3 is 19.8 Å². The van der Waals surface area contributed by atoms with E-state index >= 15 is 0 Å². The fourth-order valence-corrected chi connectivity index (χ4v) is 5.80. The second-order valence-corrected chi connectivity index (χ2v) is 9.47. The van der Waals surface area contributed by atoms with Gasteiger partial charge in [-0.15, -0.1) is 0 Å². The maximum absolute atomic E-state index is 11.8. The van der Waals surface area contributed by atoms with Gasteiger partial charge in [-0.05, 0) is 49.7 Å². The molecule has 1 unspecified atom stereocenters. The highest BCUT2D eigenvalue weighted by molar-refractivity contribution is 6.03. The van der Waals surface area contributed by atoms with E-state index in [2.05, 4.69) is 9.80 Å². The molecule has 1 spiro atoms. The first-order valence-corrected chi connectivity index (χ1v) is 11.4. The summed E-state index contributed by atoms with van der Waals surface area (Å²) in [5.74, 6) is -0.181. The van der Waals surface area contributed by atoms with Crippen molar-refractivity contribution < 1.29 is 19.7 Å². The summed E-state index contributed by atoms with van der Waals surface area (Å²) in [6.07, 6.45) is 4.65. The van der Waals surface area contributed by atoms with Crippen LogP contribution in [-0.2, 0) is 4.74 Å². The molecule has 0 aliphatic carbocycles. The average Bonchev–Trinajstić information content (AvgIpc) is 2.79. The van der Waals surface area contributed by atoms with Gasteiger partial charge in [0.05, 0.1) is 17.2 Å². The van der Waals surface area contributed by atoms with Crippen molar-refractivity contribution in [2.45, 2.75) is 44.2 Å². The van der Waals surface area contributed by atoms with Crippen LogP contribution in [0, 0.1) is 5.41 Å². The Morgan fingerprint density at radius 3 is 2.65 bits per heavy atom. The highest BCUT2D eigenvalue weighted by atomic mass is 16.5. The van der Waals surface area contributed by atoms with E-state index in [0.717, 1.165) is 82.8 Å². The fraction of sp³-hybridized carbons (Fsp3) is 0.583. The first kappa shape index (κ1) is 20.7. The predicted molar refractivity (Wildman–Crippen MR) is 119 cm³/mol. The highest BCUT2D eigenvalue weighted by Crippen LogP contribution is 2.42. The van der Waals surface area contributed by atoms with Gasteiger partial charge in [0.1, 0.15) is 5.82 Å². The van der Waals surface area contributed by atoms with Crippen LogP contribution in [0.15, 0.2) is 30.3 Å². The number of ether oxygens (including phenoxy) is 1. The number of aromatic nitrogens is 1. The smallest absolute Gasteiger partial charge is 0.336 e. The Labute approximate surface area is 182 Å². The van der Waals surface area contributed by atoms with Gasteiger partial charge in [0.2, 0.25) is 0 Å². The van der Waals surface area contributed by atoms with Crippen molar-refractivity contribution in [1.29, 1.82) is 0 Å². The van der Waals surface area contributed by atoms with Gasteiger partial charge in [-0.25, -0.2) is 9.78 Å². The third-order valence-electron chi connectivity index (χ3n) is 7.44. The van der Waals surface area contributed by atoms with Crippen LogP contribution in [0.1, 0.15) is 42.5 Å². The van der Waals surface area contributed by atoms with Crippen LogP contribution in [-0.4, -0.2) is 77.6 Å². The van der Waals surface area contributed by atoms with Gasteiger partial charge in [-0.1, -0.05) is 18.2 Å². The van der Waals surface area contributed by atoms with E-state index < -0.39 is 5.97 Å². The summed E-state index contributed by atoms with van der Waals surface area (Å²) in [7, 11) is 0. The molecule has 0 bridgehead atoms. The third kappa shape index (κ3) is 4.14. The Balaban J connectivity index is 1.33. The van der Waals surface area contributed by atoms with E-state index in [0.29, 0.717) is 17.0 Å². The Bertz CT molecular complexity index is 951. The normalized spacial score (nSPS) is 25.2. The molecule has 1 aromatic heterocycles. The van der Waals surface area contributed by atoms with Crippen molar-refractivity contribution in [2.24, 2.45) is 5.41 Å². The lowest BCUT2D eigenvalue weighted by atomic mass is 9.71. The molecule has 1 atom stereocenters. The van der Waals surface area contributed by atoms with E-state index in [-0.39, 0.29) is 11.5 Å². The van der Waals surface area contributed by atoms with Gasteiger partial charge in [0.15, 0.2) is 0 Å². The number of aliphatic hydroxyl groups is 1. The lowest BCUT2D eigenvalue weighted by Crippen LogP contribution is -2.57. The summed E-state index contributed by atoms with van der Waals surface area (Å²) in [6.45, 7) is 5.10. The molecule has 3 saturated heterocycles. The molecule has 2 aromatic rings. The number of fused-ring (bicyclic) bond motifs is 1. The van der Waals surface area contributed by atoms with E-state index in [1.807, 2.05) is 24.3 Å². The number of pyridine rings is 1. The molecule has 0 amide bonds. The molecule has 31 heavy (non-hydrogen) atoms. The van der Waals surface area contributed by atoms with E-state index in [4.69, 9.17) is 9.72 Å². The minimum atomic E-state index is -0.921. The molecule has 2 N–H and O–H groups in total. The number of benzene rings is 1. The van der Waals surface area contributed by atoms with Crippen LogP contribution >= 0.6 is 0 Å². The number of nitrogens with zero attached hydrogens (tertiary/aromatic N) is 3. The van der Waals surface area contributed by atoms with Crippen molar-refractivity contribution >= 4 is 22.7 Å². The summed E-state index contributed by atoms with van der Waals surface area (Å²) in [4.78, 5) is 21.3. The first-order valence-electron chi connectivity index (χ1n) is 11.4. The largest absolute Gasteiger partial charge is 0.478 e. The molecule has 0 saturated carbocycles. The van der Waals surface area contributed by atoms with Gasteiger partial charge >= 0.3 is 5.97 Å². The van der Waals surface area contributed by atoms with Crippen molar-refractivity contribution in [1.82, 2.24) is 9.88 Å². The van der Waals surface area contributed by atoms with Crippen LogP contribution in [0.5, 0.6) is 0 Å². The zero-order valence-electron chi connectivity index (χ0n) is 17.9. The number of anilines is 1. The van der Waals surface area contributed by atoms with Gasteiger partial charge in [-0.2, -0.15) is 0 Å². The van der Waals surface area contributed by atoms with Gasteiger partial charge in [-0.3, -0.25) is 4.90 Å². The molecule has 3 aliphatic heterocycles. The predicted octanol–water partition coefficient (Wildman–Crippen LogP) is 2.77. The van der Waals surface area contributed by atoms with Crippen molar-refractivity contribution in [3.8, 4) is 0 Å². The molecule has 166 valence electrons. The third-order valence-corrected chi connectivity index (χ3v) is 7.44. The number of β-amino-alcohol motifs (C(OH)–C–C–N with tert-alkyl or cyclic N) is 1. The van der Waals surface area contributed by atoms with E-state index in [1.54, 1.807) is 6.07 Å². The zero-order valence-corrected chi connectivity index (χ0v) is 17.9. The zero-order chi connectivity index (χ0) is 21.4. The number of para-hydroxylation sites is 1. The number of carboxylic acid groups (broad SMARTS) is 1.